The van der Waals surface area contributed by atoms with Crippen LogP contribution in [0.25, 0.3) is 0 Å². The first-order valence-electron chi connectivity index (χ1n) is 2.85. The van der Waals surface area contributed by atoms with E-state index in [-0.39, 0.29) is 18.1 Å². The molecule has 6 nitrogen and oxygen atoms in total. The molecule has 0 bridgehead atoms. The minimum absolute atomic E-state index is 0.183. The predicted molar refractivity (Wildman–Crippen MR) is 32.2 cm³/mol. The van der Waals surface area contributed by atoms with Crippen LogP contribution in [0.4, 0.5) is 0 Å². The molecule has 0 aromatic carbocycles. The van der Waals surface area contributed by atoms with E-state index in [1.807, 2.05) is 0 Å². The minimum Gasteiger partial charge on any atom is -0.361 e. The Morgan fingerprint density at radius 3 is 3.30 bits per heavy atom. The molecular formula is C4H5N5O. The Bertz CT molecular complexity index is 222. The molecule has 2 atom stereocenters. The highest BCUT2D eigenvalue weighted by molar-refractivity contribution is 5.86. The lowest BCUT2D eigenvalue weighted by Gasteiger charge is -2.15. The Balaban J connectivity index is 2.27. The Kier molecular flexibility index (Phi) is 0.938. The van der Waals surface area contributed by atoms with Crippen LogP contribution >= 0.6 is 0 Å². The van der Waals surface area contributed by atoms with Gasteiger partial charge in [0.25, 0.3) is 5.91 Å². The molecule has 0 aromatic rings. The summed E-state index contributed by atoms with van der Waals surface area (Å²) in [6, 6.07) is -0.350. The van der Waals surface area contributed by atoms with Gasteiger partial charge in [-0.1, -0.05) is 5.22 Å². The summed E-state index contributed by atoms with van der Waals surface area (Å²) in [5.74, 6) is -0.183. The van der Waals surface area contributed by atoms with Crippen LogP contribution in [0, 0.1) is 0 Å². The number of nitrogens with one attached hydrogen (secondary N) is 2. The highest BCUT2D eigenvalue weighted by Gasteiger charge is 2.33. The molecule has 0 fully saturated rings. The normalized spacial score (nSPS) is 35.0. The number of nitrogens with zero attached hydrogens (tertiary/aromatic N) is 3. The van der Waals surface area contributed by atoms with E-state index in [1.54, 1.807) is 0 Å². The van der Waals surface area contributed by atoms with Gasteiger partial charge in [0, 0.05) is 0 Å². The minimum atomic E-state index is -0.353. The summed E-state index contributed by atoms with van der Waals surface area (Å²) in [5, 5.41) is 9.80. The van der Waals surface area contributed by atoms with Crippen LogP contribution in [0.5, 0.6) is 0 Å². The fraction of sp³-hybridized carbons (Fsp3) is 0.500. The summed E-state index contributed by atoms with van der Waals surface area (Å²) < 4.78 is 0. The zero-order chi connectivity index (χ0) is 6.97. The van der Waals surface area contributed by atoms with Crippen molar-refractivity contribution in [1.29, 1.82) is 0 Å². The molecule has 1 amide bonds. The van der Waals surface area contributed by atoms with E-state index in [9.17, 15) is 4.79 Å². The molecule has 0 aromatic heterocycles. The summed E-state index contributed by atoms with van der Waals surface area (Å²) in [6.07, 6.45) is 1.12. The lowest BCUT2D eigenvalue weighted by molar-refractivity contribution is -0.124. The first-order valence-corrected chi connectivity index (χ1v) is 2.85. The van der Waals surface area contributed by atoms with Crippen molar-refractivity contribution < 1.29 is 4.79 Å². The van der Waals surface area contributed by atoms with Gasteiger partial charge in [0.2, 0.25) is 0 Å². The van der Waals surface area contributed by atoms with Crippen LogP contribution in [-0.2, 0) is 4.79 Å². The quantitative estimate of drug-likeness (QED) is 0.442. The monoisotopic (exact) mass is 139 g/mol. The van der Waals surface area contributed by atoms with E-state index in [0.717, 1.165) is 0 Å². The van der Waals surface area contributed by atoms with Crippen LogP contribution in [0.2, 0.25) is 0 Å². The predicted octanol–water partition coefficient (Wildman–Crippen LogP) is -1.19. The van der Waals surface area contributed by atoms with Crippen LogP contribution < -0.4 is 10.7 Å². The van der Waals surface area contributed by atoms with Gasteiger partial charge in [-0.05, 0) is 0 Å². The Labute approximate surface area is 56.4 Å². The maximum Gasteiger partial charge on any atom is 0.268 e. The summed E-state index contributed by atoms with van der Waals surface area (Å²) in [6.45, 7) is 0. The molecule has 2 aliphatic heterocycles. The van der Waals surface area contributed by atoms with Crippen molar-refractivity contribution in [2.45, 2.75) is 12.2 Å². The van der Waals surface area contributed by atoms with Gasteiger partial charge in [0.05, 0.1) is 6.34 Å². The number of hydrogen-bond donors (Lipinski definition) is 2. The van der Waals surface area contributed by atoms with E-state index >= 15 is 0 Å². The van der Waals surface area contributed by atoms with Gasteiger partial charge >= 0.3 is 0 Å². The molecule has 2 aliphatic rings. The Hall–Kier alpha value is -1.46. The zero-order valence-corrected chi connectivity index (χ0v) is 4.98. The van der Waals surface area contributed by atoms with Crippen LogP contribution in [0.15, 0.2) is 15.3 Å². The smallest absolute Gasteiger partial charge is 0.268 e. The van der Waals surface area contributed by atoms with Crippen molar-refractivity contribution >= 4 is 12.2 Å². The second-order valence-electron chi connectivity index (χ2n) is 2.03. The van der Waals surface area contributed by atoms with Crippen LogP contribution in [-0.4, -0.2) is 24.5 Å². The third-order valence-corrected chi connectivity index (χ3v) is 1.40. The van der Waals surface area contributed by atoms with Crippen molar-refractivity contribution in [2.75, 3.05) is 0 Å². The third-order valence-electron chi connectivity index (χ3n) is 1.40. The molecular weight excluding hydrogens is 134 g/mol. The first-order chi connectivity index (χ1) is 4.88. The number of hydrogen-bond acceptors (Lipinski definition) is 5. The van der Waals surface area contributed by atoms with Crippen molar-refractivity contribution in [3.05, 3.63) is 0 Å². The van der Waals surface area contributed by atoms with E-state index in [1.165, 1.54) is 6.34 Å². The van der Waals surface area contributed by atoms with Crippen molar-refractivity contribution in [1.82, 2.24) is 10.7 Å². The third kappa shape index (κ3) is 0.584. The molecule has 0 aliphatic carbocycles. The molecule has 0 spiro atoms. The SMILES string of the molecule is O=C1NN=NC2N=CNC12. The first kappa shape index (κ1) is 5.33. The zero-order valence-electron chi connectivity index (χ0n) is 4.98. The highest BCUT2D eigenvalue weighted by atomic mass is 16.2. The molecule has 10 heavy (non-hydrogen) atoms. The van der Waals surface area contributed by atoms with Gasteiger partial charge < -0.3 is 5.32 Å². The lowest BCUT2D eigenvalue weighted by Crippen LogP contribution is -2.46. The second kappa shape index (κ2) is 1.76. The summed E-state index contributed by atoms with van der Waals surface area (Å²) in [4.78, 5) is 14.7. The van der Waals surface area contributed by atoms with E-state index in [4.69, 9.17) is 0 Å². The number of rotatable bonds is 0. The molecule has 2 unspecified atom stereocenters. The fourth-order valence-electron chi connectivity index (χ4n) is 0.886. The van der Waals surface area contributed by atoms with Gasteiger partial charge in [-0.3, -0.25) is 4.79 Å². The standard InChI is InChI=1S/C4H5N5O/c10-4-2-3(6-1-5-2)7-9-8-4/h1-3H,(H,5,6)(H,7,8,10). The van der Waals surface area contributed by atoms with E-state index in [0.29, 0.717) is 0 Å². The second-order valence-corrected chi connectivity index (χ2v) is 2.03. The fourth-order valence-corrected chi connectivity index (χ4v) is 0.886. The number of fused-ring (bicyclic) bond motifs is 1. The maximum absolute atomic E-state index is 10.9. The topological polar surface area (TPSA) is 78.2 Å². The average Bonchev–Trinajstić information content (AvgIpc) is 2.36. The van der Waals surface area contributed by atoms with Gasteiger partial charge in [0.15, 0.2) is 12.2 Å². The van der Waals surface area contributed by atoms with Crippen molar-refractivity contribution in [2.24, 2.45) is 15.3 Å². The molecule has 2 rings (SSSR count). The molecule has 0 saturated heterocycles. The lowest BCUT2D eigenvalue weighted by atomic mass is 10.2. The Morgan fingerprint density at radius 2 is 2.50 bits per heavy atom. The largest absolute Gasteiger partial charge is 0.361 e. The van der Waals surface area contributed by atoms with Crippen molar-refractivity contribution in [3.63, 3.8) is 0 Å². The molecule has 0 radical (unpaired) electrons. The van der Waals surface area contributed by atoms with Crippen LogP contribution in [0.1, 0.15) is 0 Å². The maximum atomic E-state index is 10.9. The van der Waals surface area contributed by atoms with Crippen LogP contribution in [0.3, 0.4) is 0 Å². The summed E-state index contributed by atoms with van der Waals surface area (Å²) >= 11 is 0. The van der Waals surface area contributed by atoms with Gasteiger partial charge in [-0.15, -0.1) is 5.11 Å². The summed E-state index contributed by atoms with van der Waals surface area (Å²) in [7, 11) is 0. The average molecular weight is 139 g/mol. The van der Waals surface area contributed by atoms with Crippen molar-refractivity contribution in [3.8, 4) is 0 Å². The van der Waals surface area contributed by atoms with Gasteiger partial charge in [0.1, 0.15) is 0 Å². The van der Waals surface area contributed by atoms with Gasteiger partial charge in [-0.25, -0.2) is 10.4 Å². The van der Waals surface area contributed by atoms with Gasteiger partial charge in [-0.2, -0.15) is 0 Å². The molecule has 6 heteroatoms. The number of amides is 1. The molecule has 52 valence electrons. The highest BCUT2D eigenvalue weighted by Crippen LogP contribution is 2.09. The molecule has 2 N–H and O–H groups in total. The molecule has 0 saturated carbocycles. The number of carbonyl (C=O) groups is 1. The molecule has 2 heterocycles. The van der Waals surface area contributed by atoms with E-state index < -0.39 is 0 Å². The number of carbonyl (C=O) groups excluding carboxylic acids is 1. The summed E-state index contributed by atoms with van der Waals surface area (Å²) in [5.41, 5.74) is 2.23. The number of aliphatic imine (C=N–C) groups is 1. The van der Waals surface area contributed by atoms with E-state index in [2.05, 4.69) is 26.1 Å². The Morgan fingerprint density at radius 1 is 1.60 bits per heavy atom.